The molecule has 1 N–H and O–H groups in total. The summed E-state index contributed by atoms with van der Waals surface area (Å²) in [5.41, 5.74) is -0.338. The Hall–Kier alpha value is -1.06. The van der Waals surface area contributed by atoms with Crippen molar-refractivity contribution in [2.75, 3.05) is 13.1 Å². The molecule has 0 spiro atoms. The van der Waals surface area contributed by atoms with Gasteiger partial charge in [-0.15, -0.1) is 0 Å². The summed E-state index contributed by atoms with van der Waals surface area (Å²) in [5.74, 6) is 0.731. The van der Waals surface area contributed by atoms with Crippen molar-refractivity contribution in [3.8, 4) is 0 Å². The molecule has 0 unspecified atom stereocenters. The minimum Gasteiger partial charge on any atom is -0.353 e. The fourth-order valence-electron chi connectivity index (χ4n) is 3.25. The number of carbonyl (C=O) groups is 2. The fourth-order valence-corrected chi connectivity index (χ4v) is 3.25. The van der Waals surface area contributed by atoms with E-state index in [2.05, 4.69) is 5.32 Å². The maximum atomic E-state index is 12.5. The van der Waals surface area contributed by atoms with Crippen LogP contribution in [-0.4, -0.2) is 35.8 Å². The van der Waals surface area contributed by atoms with Gasteiger partial charge in [0, 0.05) is 30.5 Å². The predicted molar refractivity (Wildman–Crippen MR) is 83.8 cm³/mol. The molecule has 2 amide bonds. The molecule has 0 bridgehead atoms. The van der Waals surface area contributed by atoms with Gasteiger partial charge in [-0.3, -0.25) is 9.59 Å². The summed E-state index contributed by atoms with van der Waals surface area (Å²) in [4.78, 5) is 26.5. The molecule has 2 aliphatic rings. The lowest BCUT2D eigenvalue weighted by Crippen LogP contribution is -2.50. The van der Waals surface area contributed by atoms with E-state index in [0.29, 0.717) is 5.91 Å². The average molecular weight is 294 g/mol. The maximum Gasteiger partial charge on any atom is 0.225 e. The van der Waals surface area contributed by atoms with E-state index < -0.39 is 0 Å². The Labute approximate surface area is 128 Å². The molecule has 0 aromatic carbocycles. The molecule has 0 aromatic rings. The van der Waals surface area contributed by atoms with Crippen molar-refractivity contribution in [3.63, 3.8) is 0 Å². The first kappa shape index (κ1) is 16.3. The Balaban J connectivity index is 1.77. The van der Waals surface area contributed by atoms with Gasteiger partial charge in [0.25, 0.3) is 0 Å². The van der Waals surface area contributed by atoms with Crippen LogP contribution in [0.4, 0.5) is 0 Å². The van der Waals surface area contributed by atoms with Crippen LogP contribution in [0.15, 0.2) is 0 Å². The Kier molecular flexibility index (Phi) is 5.28. The molecule has 0 radical (unpaired) electrons. The van der Waals surface area contributed by atoms with Gasteiger partial charge in [0.15, 0.2) is 0 Å². The molecule has 1 saturated heterocycles. The molecule has 21 heavy (non-hydrogen) atoms. The second-order valence-electron chi connectivity index (χ2n) is 7.66. The minimum absolute atomic E-state index is 0.111. The standard InChI is InChI=1S/C17H30N2O2/c1-17(2,3)16(21)18-14-9-11-19(12-10-14)15(20)13-7-5-4-6-8-13/h13-14H,4-12H2,1-3H3,(H,18,21). The maximum absolute atomic E-state index is 12.5. The monoisotopic (exact) mass is 294 g/mol. The summed E-state index contributed by atoms with van der Waals surface area (Å²) in [6, 6.07) is 0.229. The summed E-state index contributed by atoms with van der Waals surface area (Å²) in [7, 11) is 0. The Morgan fingerprint density at radius 1 is 0.952 bits per heavy atom. The van der Waals surface area contributed by atoms with Crippen LogP contribution in [0.5, 0.6) is 0 Å². The fraction of sp³-hybridized carbons (Fsp3) is 0.882. The highest BCUT2D eigenvalue weighted by Crippen LogP contribution is 2.26. The molecule has 2 fully saturated rings. The highest BCUT2D eigenvalue weighted by atomic mass is 16.2. The van der Waals surface area contributed by atoms with Gasteiger partial charge in [-0.05, 0) is 25.7 Å². The van der Waals surface area contributed by atoms with Crippen LogP contribution in [0, 0.1) is 11.3 Å². The zero-order valence-electron chi connectivity index (χ0n) is 13.8. The smallest absolute Gasteiger partial charge is 0.225 e. The molecule has 120 valence electrons. The van der Waals surface area contributed by atoms with Crippen LogP contribution in [0.1, 0.15) is 65.7 Å². The van der Waals surface area contributed by atoms with Gasteiger partial charge in [0.2, 0.25) is 11.8 Å². The van der Waals surface area contributed by atoms with E-state index >= 15 is 0 Å². The number of likely N-dealkylation sites (tertiary alicyclic amines) is 1. The van der Waals surface area contributed by atoms with Crippen molar-refractivity contribution >= 4 is 11.8 Å². The van der Waals surface area contributed by atoms with Crippen LogP contribution >= 0.6 is 0 Å². The largest absolute Gasteiger partial charge is 0.353 e. The van der Waals surface area contributed by atoms with E-state index in [-0.39, 0.29) is 23.3 Å². The Morgan fingerprint density at radius 2 is 1.52 bits per heavy atom. The third kappa shape index (κ3) is 4.45. The van der Waals surface area contributed by atoms with Crippen molar-refractivity contribution in [2.24, 2.45) is 11.3 Å². The molecule has 2 rings (SSSR count). The first-order valence-electron chi connectivity index (χ1n) is 8.47. The van der Waals surface area contributed by atoms with Crippen LogP contribution in [-0.2, 0) is 9.59 Å². The summed E-state index contributed by atoms with van der Waals surface area (Å²) in [6.45, 7) is 7.40. The summed E-state index contributed by atoms with van der Waals surface area (Å²) in [5, 5.41) is 3.12. The molecule has 1 aliphatic carbocycles. The zero-order chi connectivity index (χ0) is 15.5. The summed E-state index contributed by atoms with van der Waals surface area (Å²) < 4.78 is 0. The lowest BCUT2D eigenvalue weighted by atomic mass is 9.87. The van der Waals surface area contributed by atoms with E-state index in [0.717, 1.165) is 38.8 Å². The molecule has 1 heterocycles. The van der Waals surface area contributed by atoms with Gasteiger partial charge in [0.05, 0.1) is 0 Å². The van der Waals surface area contributed by atoms with Crippen molar-refractivity contribution in [3.05, 3.63) is 0 Å². The molecule has 4 heteroatoms. The molecule has 1 saturated carbocycles. The summed E-state index contributed by atoms with van der Waals surface area (Å²) in [6.07, 6.45) is 7.60. The van der Waals surface area contributed by atoms with Crippen LogP contribution in [0.2, 0.25) is 0 Å². The molecule has 0 aromatic heterocycles. The second kappa shape index (κ2) is 6.80. The molecule has 0 atom stereocenters. The van der Waals surface area contributed by atoms with Gasteiger partial charge in [0.1, 0.15) is 0 Å². The van der Waals surface area contributed by atoms with E-state index in [1.54, 1.807) is 0 Å². The number of piperidine rings is 1. The topological polar surface area (TPSA) is 49.4 Å². The number of carbonyl (C=O) groups excluding carboxylic acids is 2. The quantitative estimate of drug-likeness (QED) is 0.851. The van der Waals surface area contributed by atoms with Crippen LogP contribution in [0.3, 0.4) is 0 Å². The number of rotatable bonds is 2. The lowest BCUT2D eigenvalue weighted by Gasteiger charge is -2.36. The van der Waals surface area contributed by atoms with Gasteiger partial charge >= 0.3 is 0 Å². The van der Waals surface area contributed by atoms with Crippen molar-refractivity contribution in [2.45, 2.75) is 71.8 Å². The van der Waals surface area contributed by atoms with Gasteiger partial charge in [-0.1, -0.05) is 40.0 Å². The van der Waals surface area contributed by atoms with Crippen LogP contribution in [0.25, 0.3) is 0 Å². The Bertz CT molecular complexity index is 373. The van der Waals surface area contributed by atoms with Crippen molar-refractivity contribution in [1.82, 2.24) is 10.2 Å². The highest BCUT2D eigenvalue weighted by Gasteiger charge is 2.31. The lowest BCUT2D eigenvalue weighted by molar-refractivity contribution is -0.138. The van der Waals surface area contributed by atoms with E-state index in [9.17, 15) is 9.59 Å². The third-order valence-corrected chi connectivity index (χ3v) is 4.78. The van der Waals surface area contributed by atoms with Crippen molar-refractivity contribution < 1.29 is 9.59 Å². The van der Waals surface area contributed by atoms with E-state index in [1.807, 2.05) is 25.7 Å². The number of amides is 2. The van der Waals surface area contributed by atoms with E-state index in [4.69, 9.17) is 0 Å². The second-order valence-corrected chi connectivity index (χ2v) is 7.66. The average Bonchev–Trinajstić information content (AvgIpc) is 2.47. The van der Waals surface area contributed by atoms with Gasteiger partial charge in [-0.2, -0.15) is 0 Å². The number of nitrogens with zero attached hydrogens (tertiary/aromatic N) is 1. The first-order valence-corrected chi connectivity index (χ1v) is 8.47. The van der Waals surface area contributed by atoms with Crippen LogP contribution < -0.4 is 5.32 Å². The number of nitrogens with one attached hydrogen (secondary N) is 1. The normalized spacial score (nSPS) is 22.1. The highest BCUT2D eigenvalue weighted by molar-refractivity contribution is 5.82. The number of hydrogen-bond donors (Lipinski definition) is 1. The third-order valence-electron chi connectivity index (χ3n) is 4.78. The molecule has 1 aliphatic heterocycles. The summed E-state index contributed by atoms with van der Waals surface area (Å²) >= 11 is 0. The molecular formula is C17H30N2O2. The van der Waals surface area contributed by atoms with Gasteiger partial charge in [-0.25, -0.2) is 0 Å². The Morgan fingerprint density at radius 3 is 2.05 bits per heavy atom. The predicted octanol–water partition coefficient (Wildman–Crippen LogP) is 2.72. The van der Waals surface area contributed by atoms with Crippen molar-refractivity contribution in [1.29, 1.82) is 0 Å². The van der Waals surface area contributed by atoms with Gasteiger partial charge < -0.3 is 10.2 Å². The molecule has 4 nitrogen and oxygen atoms in total. The SMILES string of the molecule is CC(C)(C)C(=O)NC1CCN(C(=O)C2CCCCC2)CC1. The van der Waals surface area contributed by atoms with E-state index in [1.165, 1.54) is 19.3 Å². The zero-order valence-corrected chi connectivity index (χ0v) is 13.8. The number of hydrogen-bond acceptors (Lipinski definition) is 2. The minimum atomic E-state index is -0.338. The molecular weight excluding hydrogens is 264 g/mol. The first-order chi connectivity index (χ1) is 9.88.